The van der Waals surface area contributed by atoms with Crippen LogP contribution in [0.2, 0.25) is 0 Å². The molecule has 1 aromatic carbocycles. The van der Waals surface area contributed by atoms with E-state index in [9.17, 15) is 9.59 Å². The predicted octanol–water partition coefficient (Wildman–Crippen LogP) is 3.13. The summed E-state index contributed by atoms with van der Waals surface area (Å²) < 4.78 is 2.15. The summed E-state index contributed by atoms with van der Waals surface area (Å²) in [5.41, 5.74) is 2.00. The van der Waals surface area contributed by atoms with E-state index in [-0.39, 0.29) is 23.3 Å². The highest BCUT2D eigenvalue weighted by molar-refractivity contribution is 5.94. The number of aromatic carboxylic acids is 1. The zero-order valence-corrected chi connectivity index (χ0v) is 15.0. The predicted molar refractivity (Wildman–Crippen MR) is 99.6 cm³/mol. The molecule has 7 nitrogen and oxygen atoms in total. The topological polar surface area (TPSA) is 88.3 Å². The van der Waals surface area contributed by atoms with Gasteiger partial charge in [-0.05, 0) is 44.0 Å². The van der Waals surface area contributed by atoms with Crippen LogP contribution < -0.4 is 0 Å². The molecule has 1 saturated heterocycles. The van der Waals surface area contributed by atoms with Gasteiger partial charge in [0.15, 0.2) is 0 Å². The molecule has 1 N–H and O–H groups in total. The van der Waals surface area contributed by atoms with Crippen LogP contribution in [-0.4, -0.2) is 43.0 Å². The van der Waals surface area contributed by atoms with Gasteiger partial charge in [-0.2, -0.15) is 0 Å². The fraction of sp³-hybridized carbons (Fsp3) is 0.300. The third kappa shape index (κ3) is 2.95. The second-order valence-electron chi connectivity index (χ2n) is 6.57. The number of benzene rings is 1. The third-order valence-electron chi connectivity index (χ3n) is 5.00. The Morgan fingerprint density at radius 2 is 1.89 bits per heavy atom. The quantitative estimate of drug-likeness (QED) is 0.768. The standard InChI is InChI=1S/C20H20N4O3/c1-2-23-16-10-4-3-7-13(16)22-18(23)17-11-6-12-24(17)19(25)14-8-5-9-15(21-14)20(26)27/h3-5,7-10,17H,2,6,11-12H2,1H3,(H,26,27). The van der Waals surface area contributed by atoms with E-state index in [1.165, 1.54) is 6.07 Å². The van der Waals surface area contributed by atoms with Crippen LogP contribution in [0.5, 0.6) is 0 Å². The summed E-state index contributed by atoms with van der Waals surface area (Å²) in [6.07, 6.45) is 1.70. The van der Waals surface area contributed by atoms with Crippen molar-refractivity contribution >= 4 is 22.9 Å². The van der Waals surface area contributed by atoms with Crippen molar-refractivity contribution in [2.24, 2.45) is 0 Å². The number of rotatable bonds is 4. The lowest BCUT2D eigenvalue weighted by molar-refractivity contribution is 0.0689. The van der Waals surface area contributed by atoms with Crippen molar-refractivity contribution in [2.45, 2.75) is 32.4 Å². The van der Waals surface area contributed by atoms with Crippen molar-refractivity contribution in [3.05, 3.63) is 59.7 Å². The summed E-state index contributed by atoms with van der Waals surface area (Å²) in [4.78, 5) is 34.8. The van der Waals surface area contributed by atoms with Crippen molar-refractivity contribution in [1.29, 1.82) is 0 Å². The Balaban J connectivity index is 1.72. The second kappa shape index (κ2) is 6.83. The van der Waals surface area contributed by atoms with E-state index in [0.717, 1.165) is 36.2 Å². The molecule has 3 aromatic rings. The summed E-state index contributed by atoms with van der Waals surface area (Å²) in [7, 11) is 0. The number of nitrogens with zero attached hydrogens (tertiary/aromatic N) is 4. The molecule has 1 unspecified atom stereocenters. The van der Waals surface area contributed by atoms with E-state index in [2.05, 4.69) is 16.5 Å². The molecular formula is C20H20N4O3. The number of fused-ring (bicyclic) bond motifs is 1. The Hall–Kier alpha value is -3.22. The van der Waals surface area contributed by atoms with E-state index in [4.69, 9.17) is 10.1 Å². The summed E-state index contributed by atoms with van der Waals surface area (Å²) >= 11 is 0. The monoisotopic (exact) mass is 364 g/mol. The van der Waals surface area contributed by atoms with Crippen molar-refractivity contribution in [3.63, 3.8) is 0 Å². The third-order valence-corrected chi connectivity index (χ3v) is 5.00. The first-order valence-corrected chi connectivity index (χ1v) is 9.06. The Morgan fingerprint density at radius 1 is 1.11 bits per heavy atom. The average molecular weight is 364 g/mol. The van der Waals surface area contributed by atoms with E-state index >= 15 is 0 Å². The van der Waals surface area contributed by atoms with E-state index < -0.39 is 5.97 Å². The van der Waals surface area contributed by atoms with Gasteiger partial charge in [-0.3, -0.25) is 4.79 Å². The molecule has 0 aliphatic carbocycles. The largest absolute Gasteiger partial charge is 0.477 e. The van der Waals surface area contributed by atoms with Crippen LogP contribution in [0, 0.1) is 0 Å². The van der Waals surface area contributed by atoms with Gasteiger partial charge in [0, 0.05) is 13.1 Å². The van der Waals surface area contributed by atoms with Gasteiger partial charge >= 0.3 is 5.97 Å². The maximum atomic E-state index is 13.1. The van der Waals surface area contributed by atoms with Gasteiger partial charge in [0.05, 0.1) is 17.1 Å². The van der Waals surface area contributed by atoms with Gasteiger partial charge in [-0.15, -0.1) is 0 Å². The van der Waals surface area contributed by atoms with Gasteiger partial charge in [0.25, 0.3) is 5.91 Å². The highest BCUT2D eigenvalue weighted by Crippen LogP contribution is 2.34. The molecule has 7 heteroatoms. The molecule has 0 spiro atoms. The first kappa shape index (κ1) is 17.2. The molecule has 27 heavy (non-hydrogen) atoms. The van der Waals surface area contributed by atoms with Crippen LogP contribution in [0.25, 0.3) is 11.0 Å². The van der Waals surface area contributed by atoms with Gasteiger partial charge in [-0.1, -0.05) is 18.2 Å². The SMILES string of the molecule is CCn1c(C2CCCN2C(=O)c2cccc(C(=O)O)n2)nc2ccccc21. The van der Waals surface area contributed by atoms with Crippen LogP contribution in [0.4, 0.5) is 0 Å². The van der Waals surface area contributed by atoms with Crippen LogP contribution >= 0.6 is 0 Å². The number of carboxylic acids is 1. The summed E-state index contributed by atoms with van der Waals surface area (Å²) in [5.74, 6) is -0.523. The lowest BCUT2D eigenvalue weighted by Gasteiger charge is -2.24. The minimum Gasteiger partial charge on any atom is -0.477 e. The zero-order chi connectivity index (χ0) is 19.0. The van der Waals surface area contributed by atoms with Crippen LogP contribution in [-0.2, 0) is 6.54 Å². The van der Waals surface area contributed by atoms with Gasteiger partial charge in [0.2, 0.25) is 0 Å². The van der Waals surface area contributed by atoms with Crippen molar-refractivity contribution < 1.29 is 14.7 Å². The maximum Gasteiger partial charge on any atom is 0.354 e. The Bertz CT molecular complexity index is 1030. The Kier molecular flexibility index (Phi) is 4.35. The fourth-order valence-electron chi connectivity index (χ4n) is 3.78. The zero-order valence-electron chi connectivity index (χ0n) is 15.0. The molecule has 3 heterocycles. The number of hydrogen-bond donors (Lipinski definition) is 1. The first-order chi connectivity index (χ1) is 13.1. The summed E-state index contributed by atoms with van der Waals surface area (Å²) in [6.45, 7) is 3.44. The summed E-state index contributed by atoms with van der Waals surface area (Å²) in [6, 6.07) is 12.3. The van der Waals surface area contributed by atoms with Gasteiger partial charge in [0.1, 0.15) is 17.2 Å². The molecule has 138 valence electrons. The molecule has 0 bridgehead atoms. The molecule has 2 aromatic heterocycles. The number of amides is 1. The second-order valence-corrected chi connectivity index (χ2v) is 6.57. The maximum absolute atomic E-state index is 13.1. The minimum atomic E-state index is -1.14. The number of aromatic nitrogens is 3. The smallest absolute Gasteiger partial charge is 0.354 e. The normalized spacial score (nSPS) is 16.8. The van der Waals surface area contributed by atoms with Gasteiger partial charge in [-0.25, -0.2) is 14.8 Å². The minimum absolute atomic E-state index is 0.127. The number of hydrogen-bond acceptors (Lipinski definition) is 4. The van der Waals surface area contributed by atoms with E-state index in [0.29, 0.717) is 6.54 Å². The number of carboxylic acid groups (broad SMARTS) is 1. The molecule has 1 aliphatic rings. The Labute approximate surface area is 156 Å². The molecule has 0 radical (unpaired) electrons. The average Bonchev–Trinajstić information content (AvgIpc) is 3.31. The highest BCUT2D eigenvalue weighted by atomic mass is 16.4. The first-order valence-electron chi connectivity index (χ1n) is 9.06. The number of aryl methyl sites for hydroxylation is 1. The molecule has 0 saturated carbocycles. The van der Waals surface area contributed by atoms with E-state index in [1.807, 2.05) is 24.3 Å². The molecular weight excluding hydrogens is 344 g/mol. The molecule has 1 atom stereocenters. The summed E-state index contributed by atoms with van der Waals surface area (Å²) in [5, 5.41) is 9.13. The van der Waals surface area contributed by atoms with Crippen molar-refractivity contribution in [2.75, 3.05) is 6.54 Å². The molecule has 1 amide bonds. The molecule has 4 rings (SSSR count). The molecule has 1 aliphatic heterocycles. The lowest BCUT2D eigenvalue weighted by Crippen LogP contribution is -2.32. The highest BCUT2D eigenvalue weighted by Gasteiger charge is 2.34. The van der Waals surface area contributed by atoms with E-state index in [1.54, 1.807) is 17.0 Å². The molecule has 1 fully saturated rings. The number of imidazole rings is 1. The lowest BCUT2D eigenvalue weighted by atomic mass is 10.2. The van der Waals surface area contributed by atoms with Crippen LogP contribution in [0.3, 0.4) is 0 Å². The fourth-order valence-corrected chi connectivity index (χ4v) is 3.78. The number of para-hydroxylation sites is 2. The van der Waals surface area contributed by atoms with Crippen LogP contribution in [0.15, 0.2) is 42.5 Å². The number of carbonyl (C=O) groups excluding carboxylic acids is 1. The number of likely N-dealkylation sites (tertiary alicyclic amines) is 1. The van der Waals surface area contributed by atoms with Crippen molar-refractivity contribution in [1.82, 2.24) is 19.4 Å². The number of pyridine rings is 1. The van der Waals surface area contributed by atoms with Gasteiger partial charge < -0.3 is 14.6 Å². The number of carbonyl (C=O) groups is 2. The Morgan fingerprint density at radius 3 is 2.67 bits per heavy atom. The van der Waals surface area contributed by atoms with Crippen LogP contribution in [0.1, 0.15) is 52.6 Å². The van der Waals surface area contributed by atoms with Crippen molar-refractivity contribution in [3.8, 4) is 0 Å².